The van der Waals surface area contributed by atoms with Crippen molar-refractivity contribution in [1.82, 2.24) is 10.2 Å². The van der Waals surface area contributed by atoms with Crippen molar-refractivity contribution >= 4 is 23.7 Å². The Hall–Kier alpha value is -2.70. The number of imide groups is 1. The van der Waals surface area contributed by atoms with Gasteiger partial charge in [-0.3, -0.25) is 19.3 Å². The Kier molecular flexibility index (Phi) is 7.31. The Bertz CT molecular complexity index is 724. The molecule has 0 aliphatic carbocycles. The maximum Gasteiger partial charge on any atom is 0.329 e. The van der Waals surface area contributed by atoms with Crippen LogP contribution in [0.3, 0.4) is 0 Å². The smallest absolute Gasteiger partial charge is 0.329 e. The lowest BCUT2D eigenvalue weighted by Gasteiger charge is -2.26. The molecule has 0 bridgehead atoms. The van der Waals surface area contributed by atoms with Crippen molar-refractivity contribution in [2.24, 2.45) is 5.92 Å². The van der Waals surface area contributed by atoms with Crippen LogP contribution in [-0.4, -0.2) is 47.3 Å². The van der Waals surface area contributed by atoms with Crippen LogP contribution in [0.2, 0.25) is 0 Å². The first-order valence-corrected chi connectivity index (χ1v) is 9.69. The van der Waals surface area contributed by atoms with Crippen molar-refractivity contribution in [3.63, 3.8) is 0 Å². The fourth-order valence-corrected chi connectivity index (χ4v) is 3.30. The molecule has 1 aromatic rings. The molecule has 0 unspecified atom stereocenters. The first-order valence-electron chi connectivity index (χ1n) is 9.69. The summed E-state index contributed by atoms with van der Waals surface area (Å²) < 4.78 is 5.16. The Morgan fingerprint density at radius 2 is 1.64 bits per heavy atom. The summed E-state index contributed by atoms with van der Waals surface area (Å²) in [7, 11) is 0. The summed E-state index contributed by atoms with van der Waals surface area (Å²) in [5, 5.41) is 2.75. The van der Waals surface area contributed by atoms with Crippen molar-refractivity contribution < 1.29 is 23.9 Å². The molecule has 0 aromatic heterocycles. The van der Waals surface area contributed by atoms with Gasteiger partial charge in [0.2, 0.25) is 0 Å². The number of nitrogens with one attached hydrogen (secondary N) is 1. The van der Waals surface area contributed by atoms with Crippen LogP contribution in [0.4, 0.5) is 0 Å². The predicted octanol–water partition coefficient (Wildman–Crippen LogP) is 2.55. The summed E-state index contributed by atoms with van der Waals surface area (Å²) in [5.41, 5.74) is 0.556. The molecule has 1 N–H and O–H groups in total. The highest BCUT2D eigenvalue weighted by Gasteiger charge is 2.43. The Balaban J connectivity index is 2.10. The quantitative estimate of drug-likeness (QED) is 0.518. The molecular formula is C21H28N2O5. The van der Waals surface area contributed by atoms with E-state index in [1.165, 1.54) is 0 Å². The molecule has 1 aromatic carbocycles. The lowest BCUT2D eigenvalue weighted by Crippen LogP contribution is -2.47. The number of hydrogen-bond donors (Lipinski definition) is 1. The van der Waals surface area contributed by atoms with Crippen molar-refractivity contribution in [3.8, 4) is 0 Å². The molecule has 7 heteroatoms. The van der Waals surface area contributed by atoms with E-state index in [9.17, 15) is 19.2 Å². The normalized spacial score (nSPS) is 15.4. The third-order valence-electron chi connectivity index (χ3n) is 4.58. The molecule has 0 radical (unpaired) electrons. The fraction of sp³-hybridized carbons (Fsp3) is 0.524. The molecule has 2 rings (SSSR count). The highest BCUT2D eigenvalue weighted by Crippen LogP contribution is 2.27. The molecule has 1 aliphatic heterocycles. The van der Waals surface area contributed by atoms with Gasteiger partial charge in [-0.15, -0.1) is 0 Å². The lowest BCUT2D eigenvalue weighted by molar-refractivity contribution is -0.153. The Labute approximate surface area is 165 Å². The molecule has 7 nitrogen and oxygen atoms in total. The van der Waals surface area contributed by atoms with Crippen molar-refractivity contribution in [1.29, 1.82) is 0 Å². The summed E-state index contributed by atoms with van der Waals surface area (Å²) in [6.07, 6.45) is 2.01. The molecule has 1 aliphatic rings. The summed E-state index contributed by atoms with van der Waals surface area (Å²) in [4.78, 5) is 51.0. The van der Waals surface area contributed by atoms with Gasteiger partial charge < -0.3 is 10.1 Å². The van der Waals surface area contributed by atoms with Crippen molar-refractivity contribution in [3.05, 3.63) is 35.4 Å². The number of esters is 1. The van der Waals surface area contributed by atoms with Crippen LogP contribution in [0.1, 0.15) is 67.7 Å². The van der Waals surface area contributed by atoms with E-state index in [1.807, 2.05) is 27.7 Å². The van der Waals surface area contributed by atoms with Crippen molar-refractivity contribution in [2.45, 2.75) is 59.0 Å². The van der Waals surface area contributed by atoms with E-state index in [-0.39, 0.29) is 29.5 Å². The van der Waals surface area contributed by atoms with Crippen LogP contribution in [0.15, 0.2) is 24.3 Å². The number of ether oxygens (including phenoxy) is 1. The SMILES string of the molecule is CCC[C@@H](C)NC(=O)COC(=O)[C@H](CC(C)C)N1C(=O)c2ccccc2C1=O. The number of fused-ring (bicyclic) bond motifs is 1. The number of rotatable bonds is 9. The lowest BCUT2D eigenvalue weighted by atomic mass is 10.0. The molecule has 0 fully saturated rings. The van der Waals surface area contributed by atoms with Gasteiger partial charge in [0.15, 0.2) is 6.61 Å². The first kappa shape index (κ1) is 21.6. The van der Waals surface area contributed by atoms with Gasteiger partial charge in [0.05, 0.1) is 11.1 Å². The molecule has 28 heavy (non-hydrogen) atoms. The zero-order valence-electron chi connectivity index (χ0n) is 16.9. The zero-order chi connectivity index (χ0) is 20.8. The van der Waals surface area contributed by atoms with Crippen LogP contribution in [0, 0.1) is 5.92 Å². The van der Waals surface area contributed by atoms with Gasteiger partial charge in [0.25, 0.3) is 17.7 Å². The molecule has 3 amide bonds. The van der Waals surface area contributed by atoms with Gasteiger partial charge in [0.1, 0.15) is 6.04 Å². The van der Waals surface area contributed by atoms with E-state index in [4.69, 9.17) is 4.74 Å². The Morgan fingerprint density at radius 1 is 1.07 bits per heavy atom. The topological polar surface area (TPSA) is 92.8 Å². The highest BCUT2D eigenvalue weighted by atomic mass is 16.5. The highest BCUT2D eigenvalue weighted by molar-refractivity contribution is 6.22. The molecule has 0 saturated carbocycles. The van der Waals surface area contributed by atoms with Gasteiger partial charge >= 0.3 is 5.97 Å². The number of benzene rings is 1. The summed E-state index contributed by atoms with van der Waals surface area (Å²) in [6, 6.07) is 5.40. The Morgan fingerprint density at radius 3 is 2.14 bits per heavy atom. The number of carbonyl (C=O) groups is 4. The van der Waals surface area contributed by atoms with Crippen LogP contribution in [-0.2, 0) is 14.3 Å². The van der Waals surface area contributed by atoms with Gasteiger partial charge in [-0.05, 0) is 37.8 Å². The van der Waals surface area contributed by atoms with E-state index in [2.05, 4.69) is 5.32 Å². The van der Waals surface area contributed by atoms with E-state index in [0.29, 0.717) is 0 Å². The number of amides is 3. The van der Waals surface area contributed by atoms with E-state index in [1.54, 1.807) is 24.3 Å². The van der Waals surface area contributed by atoms with Crippen LogP contribution in [0.25, 0.3) is 0 Å². The minimum atomic E-state index is -1.06. The molecule has 152 valence electrons. The van der Waals surface area contributed by atoms with Crippen LogP contribution >= 0.6 is 0 Å². The molecular weight excluding hydrogens is 360 g/mol. The second kappa shape index (κ2) is 9.48. The van der Waals surface area contributed by atoms with Gasteiger partial charge in [0, 0.05) is 6.04 Å². The second-order valence-electron chi connectivity index (χ2n) is 7.54. The number of carbonyl (C=O) groups excluding carboxylic acids is 4. The maximum atomic E-state index is 12.7. The maximum absolute atomic E-state index is 12.7. The molecule has 1 heterocycles. The number of hydrogen-bond acceptors (Lipinski definition) is 5. The van der Waals surface area contributed by atoms with Crippen LogP contribution < -0.4 is 5.32 Å². The van der Waals surface area contributed by atoms with E-state index >= 15 is 0 Å². The predicted molar refractivity (Wildman–Crippen MR) is 104 cm³/mol. The summed E-state index contributed by atoms with van der Waals surface area (Å²) >= 11 is 0. The average molecular weight is 388 g/mol. The first-order chi connectivity index (χ1) is 13.3. The molecule has 2 atom stereocenters. The van der Waals surface area contributed by atoms with Gasteiger partial charge in [-0.1, -0.05) is 39.3 Å². The van der Waals surface area contributed by atoms with E-state index in [0.717, 1.165) is 17.7 Å². The van der Waals surface area contributed by atoms with Gasteiger partial charge in [-0.25, -0.2) is 4.79 Å². The third kappa shape index (κ3) is 4.97. The summed E-state index contributed by atoms with van der Waals surface area (Å²) in [6.45, 7) is 7.23. The largest absolute Gasteiger partial charge is 0.454 e. The number of nitrogens with zero attached hydrogens (tertiary/aromatic N) is 1. The zero-order valence-corrected chi connectivity index (χ0v) is 16.9. The minimum Gasteiger partial charge on any atom is -0.454 e. The third-order valence-corrected chi connectivity index (χ3v) is 4.58. The van der Waals surface area contributed by atoms with Crippen molar-refractivity contribution in [2.75, 3.05) is 6.61 Å². The van der Waals surface area contributed by atoms with E-state index < -0.39 is 36.3 Å². The average Bonchev–Trinajstić information content (AvgIpc) is 2.89. The standard InChI is InChI=1S/C21H28N2O5/c1-5-8-14(4)22-18(24)12-28-21(27)17(11-13(2)3)23-19(25)15-9-6-7-10-16(15)20(23)26/h6-7,9-10,13-14,17H,5,8,11-12H2,1-4H3,(H,22,24)/t14-,17+/m1/s1. The molecule has 0 spiro atoms. The molecule has 0 saturated heterocycles. The second-order valence-corrected chi connectivity index (χ2v) is 7.54. The van der Waals surface area contributed by atoms with Gasteiger partial charge in [-0.2, -0.15) is 0 Å². The van der Waals surface area contributed by atoms with Crippen LogP contribution in [0.5, 0.6) is 0 Å². The minimum absolute atomic E-state index is 0.0149. The fourth-order valence-electron chi connectivity index (χ4n) is 3.30. The summed E-state index contributed by atoms with van der Waals surface area (Å²) in [5.74, 6) is -2.13. The monoisotopic (exact) mass is 388 g/mol.